The van der Waals surface area contributed by atoms with Crippen molar-refractivity contribution in [1.29, 1.82) is 0 Å². The van der Waals surface area contributed by atoms with Gasteiger partial charge in [-0.15, -0.1) is 11.3 Å². The number of hydrogen-bond acceptors (Lipinski definition) is 5. The van der Waals surface area contributed by atoms with Crippen LogP contribution in [0.5, 0.6) is 0 Å². The minimum Gasteiger partial charge on any atom is -0.383 e. The van der Waals surface area contributed by atoms with Gasteiger partial charge in [-0.3, -0.25) is 4.90 Å². The van der Waals surface area contributed by atoms with E-state index in [1.165, 1.54) is 9.88 Å². The summed E-state index contributed by atoms with van der Waals surface area (Å²) in [6.45, 7) is 7.24. The predicted octanol–water partition coefficient (Wildman–Crippen LogP) is 3.18. The van der Waals surface area contributed by atoms with E-state index in [0.29, 0.717) is 11.9 Å². The van der Waals surface area contributed by atoms with Crippen molar-refractivity contribution in [2.24, 2.45) is 0 Å². The molecule has 5 heteroatoms. The predicted molar refractivity (Wildman–Crippen MR) is 84.8 cm³/mol. The molecular weight excluding hydrogens is 268 g/mol. The van der Waals surface area contributed by atoms with Crippen LogP contribution in [0.2, 0.25) is 0 Å². The van der Waals surface area contributed by atoms with Crippen LogP contribution >= 0.6 is 11.3 Å². The van der Waals surface area contributed by atoms with Crippen molar-refractivity contribution in [2.75, 3.05) is 12.8 Å². The normalized spacial score (nSPS) is 12.8. The lowest BCUT2D eigenvalue weighted by atomic mass is 10.2. The van der Waals surface area contributed by atoms with E-state index in [1.807, 2.05) is 23.5 Å². The van der Waals surface area contributed by atoms with Crippen LogP contribution in [0.25, 0.3) is 0 Å². The highest BCUT2D eigenvalue weighted by atomic mass is 32.1. The summed E-state index contributed by atoms with van der Waals surface area (Å²) in [5, 5.41) is 1.21. The van der Waals surface area contributed by atoms with Crippen molar-refractivity contribution in [3.8, 4) is 0 Å². The Hall–Kier alpha value is -1.46. The van der Waals surface area contributed by atoms with E-state index in [-0.39, 0.29) is 0 Å². The minimum atomic E-state index is 0.326. The summed E-state index contributed by atoms with van der Waals surface area (Å²) in [6.07, 6.45) is 2.72. The van der Waals surface area contributed by atoms with Crippen molar-refractivity contribution < 1.29 is 0 Å². The van der Waals surface area contributed by atoms with Gasteiger partial charge >= 0.3 is 0 Å². The first-order chi connectivity index (χ1) is 9.52. The molecule has 4 nitrogen and oxygen atoms in total. The van der Waals surface area contributed by atoms with Crippen LogP contribution in [0.3, 0.4) is 0 Å². The first-order valence-electron chi connectivity index (χ1n) is 6.88. The number of pyridine rings is 1. The second kappa shape index (κ2) is 6.33. The molecule has 2 aromatic heterocycles. The number of anilines is 1. The van der Waals surface area contributed by atoms with Crippen molar-refractivity contribution in [2.45, 2.75) is 39.8 Å². The molecule has 2 heterocycles. The van der Waals surface area contributed by atoms with Gasteiger partial charge in [-0.05, 0) is 33.4 Å². The number of rotatable bonds is 5. The molecule has 2 rings (SSSR count). The summed E-state index contributed by atoms with van der Waals surface area (Å²) in [6, 6.07) is 4.28. The smallest absolute Gasteiger partial charge is 0.127 e. The number of hydrogen-bond donors (Lipinski definition) is 1. The maximum absolute atomic E-state index is 5.92. The number of nitrogens with zero attached hydrogens (tertiary/aromatic N) is 3. The fourth-order valence-corrected chi connectivity index (χ4v) is 3.32. The number of thiazole rings is 1. The van der Waals surface area contributed by atoms with Gasteiger partial charge in [0, 0.05) is 29.2 Å². The molecule has 0 fully saturated rings. The van der Waals surface area contributed by atoms with E-state index in [4.69, 9.17) is 5.73 Å². The maximum atomic E-state index is 5.92. The van der Waals surface area contributed by atoms with Crippen LogP contribution in [-0.2, 0) is 13.0 Å². The molecule has 108 valence electrons. The van der Waals surface area contributed by atoms with Gasteiger partial charge in [-0.1, -0.05) is 13.0 Å². The largest absolute Gasteiger partial charge is 0.383 e. The summed E-state index contributed by atoms with van der Waals surface area (Å²) >= 11 is 1.81. The third-order valence-electron chi connectivity index (χ3n) is 3.57. The van der Waals surface area contributed by atoms with Crippen molar-refractivity contribution in [3.05, 3.63) is 39.5 Å². The Balaban J connectivity index is 2.14. The van der Waals surface area contributed by atoms with Crippen molar-refractivity contribution in [1.82, 2.24) is 14.9 Å². The van der Waals surface area contributed by atoms with Crippen LogP contribution in [0.4, 0.5) is 5.82 Å². The molecule has 20 heavy (non-hydrogen) atoms. The van der Waals surface area contributed by atoms with Crippen LogP contribution in [-0.4, -0.2) is 21.9 Å². The fourth-order valence-electron chi connectivity index (χ4n) is 2.19. The molecule has 2 aromatic rings. The van der Waals surface area contributed by atoms with Crippen molar-refractivity contribution in [3.63, 3.8) is 0 Å². The number of nitrogen functional groups attached to an aromatic ring is 1. The summed E-state index contributed by atoms with van der Waals surface area (Å²) in [5.41, 5.74) is 8.13. The number of nitrogens with two attached hydrogens (primary N) is 1. The molecule has 0 bridgehead atoms. The Morgan fingerprint density at radius 3 is 2.80 bits per heavy atom. The Bertz CT molecular complexity index is 579. The highest BCUT2D eigenvalue weighted by Crippen LogP contribution is 2.29. The topological polar surface area (TPSA) is 55.0 Å². The highest BCUT2D eigenvalue weighted by Gasteiger charge is 2.18. The number of aromatic nitrogens is 2. The molecule has 0 aliphatic rings. The molecule has 0 amide bonds. The van der Waals surface area contributed by atoms with Crippen LogP contribution in [0.15, 0.2) is 18.3 Å². The molecule has 1 unspecified atom stereocenters. The van der Waals surface area contributed by atoms with Crippen LogP contribution in [0.1, 0.15) is 41.0 Å². The van der Waals surface area contributed by atoms with Gasteiger partial charge in [-0.25, -0.2) is 9.97 Å². The Kier molecular flexibility index (Phi) is 4.73. The van der Waals surface area contributed by atoms with E-state index >= 15 is 0 Å². The quantitative estimate of drug-likeness (QED) is 0.919. The lowest BCUT2D eigenvalue weighted by Crippen LogP contribution is -2.22. The molecular formula is C15H22N4S. The fraction of sp³-hybridized carbons (Fsp3) is 0.467. The van der Waals surface area contributed by atoms with Gasteiger partial charge < -0.3 is 5.73 Å². The van der Waals surface area contributed by atoms with Gasteiger partial charge in [-0.2, -0.15) is 0 Å². The monoisotopic (exact) mass is 290 g/mol. The Morgan fingerprint density at radius 1 is 1.45 bits per heavy atom. The van der Waals surface area contributed by atoms with E-state index < -0.39 is 0 Å². The number of aryl methyl sites for hydroxylation is 2. The molecule has 0 saturated heterocycles. The molecule has 0 aliphatic heterocycles. The summed E-state index contributed by atoms with van der Waals surface area (Å²) in [4.78, 5) is 12.4. The molecule has 0 saturated carbocycles. The van der Waals surface area contributed by atoms with Gasteiger partial charge in [0.25, 0.3) is 0 Å². The van der Waals surface area contributed by atoms with Gasteiger partial charge in [0.2, 0.25) is 0 Å². The first kappa shape index (κ1) is 14.9. The molecule has 0 spiro atoms. The first-order valence-corrected chi connectivity index (χ1v) is 7.70. The molecule has 0 aliphatic carbocycles. The molecule has 2 N–H and O–H groups in total. The minimum absolute atomic E-state index is 0.326. The average Bonchev–Trinajstić information content (AvgIpc) is 2.81. The second-order valence-corrected chi connectivity index (χ2v) is 6.16. The third kappa shape index (κ3) is 3.16. The zero-order chi connectivity index (χ0) is 14.7. The van der Waals surface area contributed by atoms with Crippen LogP contribution in [0, 0.1) is 6.92 Å². The van der Waals surface area contributed by atoms with E-state index in [2.05, 4.69) is 42.7 Å². The average molecular weight is 290 g/mol. The van der Waals surface area contributed by atoms with Crippen LogP contribution < -0.4 is 5.73 Å². The Labute approximate surface area is 124 Å². The summed E-state index contributed by atoms with van der Waals surface area (Å²) < 4.78 is 0. The third-order valence-corrected chi connectivity index (χ3v) is 5.04. The zero-order valence-electron chi connectivity index (χ0n) is 12.6. The second-order valence-electron chi connectivity index (χ2n) is 5.05. The van der Waals surface area contributed by atoms with Gasteiger partial charge in [0.05, 0.1) is 10.7 Å². The Morgan fingerprint density at radius 2 is 2.20 bits per heavy atom. The molecule has 0 radical (unpaired) electrons. The SMILES string of the molecule is CCc1nc(C)c(C(C)N(C)Cc2cccnc2N)s1. The van der Waals surface area contributed by atoms with Crippen molar-refractivity contribution >= 4 is 17.2 Å². The lowest BCUT2D eigenvalue weighted by Gasteiger charge is -2.24. The van der Waals surface area contributed by atoms with E-state index in [0.717, 1.165) is 24.2 Å². The van der Waals surface area contributed by atoms with Gasteiger partial charge in [0.1, 0.15) is 5.82 Å². The maximum Gasteiger partial charge on any atom is 0.127 e. The van der Waals surface area contributed by atoms with E-state index in [9.17, 15) is 0 Å². The molecule has 1 atom stereocenters. The summed E-state index contributed by atoms with van der Waals surface area (Å²) in [5.74, 6) is 0.613. The van der Waals surface area contributed by atoms with Gasteiger partial charge in [0.15, 0.2) is 0 Å². The lowest BCUT2D eigenvalue weighted by molar-refractivity contribution is 0.256. The zero-order valence-corrected chi connectivity index (χ0v) is 13.4. The van der Waals surface area contributed by atoms with E-state index in [1.54, 1.807) is 6.20 Å². The summed E-state index contributed by atoms with van der Waals surface area (Å²) in [7, 11) is 2.11. The molecule has 0 aromatic carbocycles. The highest BCUT2D eigenvalue weighted by molar-refractivity contribution is 7.11. The standard InChI is InChI=1S/C15H22N4S/c1-5-13-18-10(2)14(20-13)11(3)19(4)9-12-7-6-8-17-15(12)16/h6-8,11H,5,9H2,1-4H3,(H2,16,17).